The number of rotatable bonds is 7. The van der Waals surface area contributed by atoms with E-state index >= 15 is 0 Å². The van der Waals surface area contributed by atoms with E-state index in [1.165, 1.54) is 23.3 Å². The van der Waals surface area contributed by atoms with Crippen LogP contribution in [0.3, 0.4) is 0 Å². The van der Waals surface area contributed by atoms with Gasteiger partial charge in [0, 0.05) is 24.0 Å². The number of likely N-dealkylation sites (tertiary alicyclic amines) is 1. The molecule has 1 fully saturated rings. The molecular formula is C23H35IN4OS. The second-order valence-electron chi connectivity index (χ2n) is 7.70. The molecule has 2 N–H and O–H groups in total. The van der Waals surface area contributed by atoms with Crippen molar-refractivity contribution in [2.75, 3.05) is 33.8 Å². The Bertz CT molecular complexity index is 766. The normalized spacial score (nSPS) is 20.9. The number of halogens is 1. The molecule has 1 aromatic carbocycles. The van der Waals surface area contributed by atoms with E-state index in [0.29, 0.717) is 12.0 Å². The highest BCUT2D eigenvalue weighted by molar-refractivity contribution is 14.0. The van der Waals surface area contributed by atoms with Gasteiger partial charge >= 0.3 is 0 Å². The van der Waals surface area contributed by atoms with Gasteiger partial charge in [-0.2, -0.15) is 0 Å². The van der Waals surface area contributed by atoms with Gasteiger partial charge in [0.15, 0.2) is 5.96 Å². The molecule has 0 radical (unpaired) electrons. The van der Waals surface area contributed by atoms with Crippen LogP contribution in [0.5, 0.6) is 5.75 Å². The Labute approximate surface area is 202 Å². The van der Waals surface area contributed by atoms with Gasteiger partial charge in [-0.25, -0.2) is 0 Å². The molecule has 0 spiro atoms. The maximum Gasteiger partial charge on any atom is 0.191 e. The summed E-state index contributed by atoms with van der Waals surface area (Å²) in [5.41, 5.74) is 1.35. The lowest BCUT2D eigenvalue weighted by atomic mass is 9.85. The number of thiophene rings is 1. The van der Waals surface area contributed by atoms with Crippen LogP contribution in [0.1, 0.15) is 49.2 Å². The van der Waals surface area contributed by atoms with Crippen molar-refractivity contribution in [3.63, 3.8) is 0 Å². The third-order valence-electron chi connectivity index (χ3n) is 5.62. The number of hydrogen-bond donors (Lipinski definition) is 2. The third kappa shape index (κ3) is 6.59. The van der Waals surface area contributed by atoms with Gasteiger partial charge in [0.05, 0.1) is 13.2 Å². The Balaban J connectivity index is 0.00000320. The van der Waals surface area contributed by atoms with Crippen molar-refractivity contribution in [3.05, 3.63) is 52.2 Å². The average Bonchev–Trinajstić information content (AvgIpc) is 3.27. The van der Waals surface area contributed by atoms with E-state index in [4.69, 9.17) is 9.73 Å². The van der Waals surface area contributed by atoms with Crippen molar-refractivity contribution in [2.45, 2.75) is 38.8 Å². The van der Waals surface area contributed by atoms with Crippen LogP contribution in [0.2, 0.25) is 0 Å². The van der Waals surface area contributed by atoms with Crippen molar-refractivity contribution in [3.8, 4) is 5.75 Å². The van der Waals surface area contributed by atoms with E-state index in [1.807, 2.05) is 0 Å². The van der Waals surface area contributed by atoms with Crippen LogP contribution in [0, 0.1) is 5.92 Å². The highest BCUT2D eigenvalue weighted by atomic mass is 127. The first-order valence-corrected chi connectivity index (χ1v) is 11.4. The summed E-state index contributed by atoms with van der Waals surface area (Å²) in [6, 6.07) is 13.4. The molecule has 166 valence electrons. The molecule has 0 bridgehead atoms. The SMILES string of the molecule is CCNC(=NCC1CCCN(C)C1c1ccc(OC)cc1)NC(C)c1cccs1.I. The van der Waals surface area contributed by atoms with Crippen molar-refractivity contribution >= 4 is 41.3 Å². The van der Waals surface area contributed by atoms with Crippen LogP contribution >= 0.6 is 35.3 Å². The lowest BCUT2D eigenvalue weighted by molar-refractivity contribution is 0.125. The van der Waals surface area contributed by atoms with Crippen LogP contribution < -0.4 is 15.4 Å². The fourth-order valence-electron chi connectivity index (χ4n) is 4.12. The molecular weight excluding hydrogens is 507 g/mol. The summed E-state index contributed by atoms with van der Waals surface area (Å²) in [6.07, 6.45) is 2.42. The van der Waals surface area contributed by atoms with Gasteiger partial charge in [0.1, 0.15) is 5.75 Å². The molecule has 1 aliphatic rings. The average molecular weight is 543 g/mol. The van der Waals surface area contributed by atoms with Crippen molar-refractivity contribution < 1.29 is 4.74 Å². The van der Waals surface area contributed by atoms with E-state index in [1.54, 1.807) is 18.4 Å². The first kappa shape index (κ1) is 24.9. The summed E-state index contributed by atoms with van der Waals surface area (Å²) in [5, 5.41) is 9.09. The number of nitrogens with zero attached hydrogens (tertiary/aromatic N) is 2. The van der Waals surface area contributed by atoms with Crippen molar-refractivity contribution in [1.82, 2.24) is 15.5 Å². The molecule has 2 aromatic rings. The highest BCUT2D eigenvalue weighted by Crippen LogP contribution is 2.35. The molecule has 3 atom stereocenters. The van der Waals surface area contributed by atoms with Crippen molar-refractivity contribution in [2.24, 2.45) is 10.9 Å². The van der Waals surface area contributed by atoms with E-state index in [2.05, 4.69) is 78.2 Å². The second kappa shape index (κ2) is 12.5. The lowest BCUT2D eigenvalue weighted by Crippen LogP contribution is -2.40. The van der Waals surface area contributed by atoms with E-state index in [9.17, 15) is 0 Å². The van der Waals surface area contributed by atoms with E-state index < -0.39 is 0 Å². The lowest BCUT2D eigenvalue weighted by Gasteiger charge is -2.39. The molecule has 7 heteroatoms. The standard InChI is InChI=1S/C23H34N4OS.HI/c1-5-24-23(26-17(2)21-9-7-15-29-21)25-16-19-8-6-14-27(3)22(19)18-10-12-20(28-4)13-11-18;/h7,9-13,15,17,19,22H,5-6,8,14,16H2,1-4H3,(H2,24,25,26);1H. The van der Waals surface area contributed by atoms with E-state index in [-0.39, 0.29) is 30.0 Å². The summed E-state index contributed by atoms with van der Waals surface area (Å²) >= 11 is 1.78. The predicted octanol–water partition coefficient (Wildman–Crippen LogP) is 5.07. The molecule has 2 heterocycles. The second-order valence-corrected chi connectivity index (χ2v) is 8.68. The number of aliphatic imine (C=N–C) groups is 1. The Morgan fingerprint density at radius 1 is 1.30 bits per heavy atom. The Hall–Kier alpha value is -1.32. The molecule has 1 aliphatic heterocycles. The minimum absolute atomic E-state index is 0. The predicted molar refractivity (Wildman–Crippen MR) is 138 cm³/mol. The zero-order valence-electron chi connectivity index (χ0n) is 18.4. The number of nitrogens with one attached hydrogen (secondary N) is 2. The maximum atomic E-state index is 5.33. The van der Waals surface area contributed by atoms with Crippen LogP contribution in [-0.2, 0) is 0 Å². The first-order chi connectivity index (χ1) is 14.1. The number of hydrogen-bond acceptors (Lipinski definition) is 4. The summed E-state index contributed by atoms with van der Waals surface area (Å²) in [7, 11) is 3.94. The zero-order valence-corrected chi connectivity index (χ0v) is 21.6. The monoisotopic (exact) mass is 542 g/mol. The Morgan fingerprint density at radius 2 is 2.07 bits per heavy atom. The van der Waals surface area contributed by atoms with Gasteiger partial charge in [-0.15, -0.1) is 35.3 Å². The van der Waals surface area contributed by atoms with Crippen molar-refractivity contribution in [1.29, 1.82) is 0 Å². The molecule has 1 aromatic heterocycles. The summed E-state index contributed by atoms with van der Waals surface area (Å²) in [6.45, 7) is 7.10. The van der Waals surface area contributed by atoms with Crippen LogP contribution in [0.4, 0.5) is 0 Å². The molecule has 1 saturated heterocycles. The minimum Gasteiger partial charge on any atom is -0.497 e. The fraction of sp³-hybridized carbons (Fsp3) is 0.522. The molecule has 0 saturated carbocycles. The fourth-order valence-corrected chi connectivity index (χ4v) is 4.86. The summed E-state index contributed by atoms with van der Waals surface area (Å²) < 4.78 is 5.33. The summed E-state index contributed by atoms with van der Waals surface area (Å²) in [5.74, 6) is 2.30. The number of piperidine rings is 1. The van der Waals surface area contributed by atoms with Crippen LogP contribution in [-0.4, -0.2) is 44.7 Å². The van der Waals surface area contributed by atoms with Gasteiger partial charge < -0.3 is 15.4 Å². The molecule has 5 nitrogen and oxygen atoms in total. The Morgan fingerprint density at radius 3 is 2.70 bits per heavy atom. The van der Waals surface area contributed by atoms with Gasteiger partial charge in [0.2, 0.25) is 0 Å². The minimum atomic E-state index is 0. The number of guanidine groups is 1. The quantitative estimate of drug-likeness (QED) is 0.291. The zero-order chi connectivity index (χ0) is 20.6. The van der Waals surface area contributed by atoms with E-state index in [0.717, 1.165) is 31.3 Å². The van der Waals surface area contributed by atoms with Gasteiger partial charge in [0.25, 0.3) is 0 Å². The highest BCUT2D eigenvalue weighted by Gasteiger charge is 2.30. The maximum absolute atomic E-state index is 5.33. The number of ether oxygens (including phenoxy) is 1. The smallest absolute Gasteiger partial charge is 0.191 e. The molecule has 3 unspecified atom stereocenters. The largest absolute Gasteiger partial charge is 0.497 e. The van der Waals surface area contributed by atoms with Gasteiger partial charge in [-0.1, -0.05) is 18.2 Å². The molecule has 0 amide bonds. The molecule has 0 aliphatic carbocycles. The number of benzene rings is 1. The van der Waals surface area contributed by atoms with Crippen LogP contribution in [0.15, 0.2) is 46.8 Å². The van der Waals surface area contributed by atoms with Gasteiger partial charge in [-0.3, -0.25) is 9.89 Å². The summed E-state index contributed by atoms with van der Waals surface area (Å²) in [4.78, 5) is 8.77. The Kier molecular flexibility index (Phi) is 10.4. The third-order valence-corrected chi connectivity index (χ3v) is 6.67. The topological polar surface area (TPSA) is 48.9 Å². The van der Waals surface area contributed by atoms with Crippen LogP contribution in [0.25, 0.3) is 0 Å². The molecule has 30 heavy (non-hydrogen) atoms. The number of methoxy groups -OCH3 is 1. The van der Waals surface area contributed by atoms with Gasteiger partial charge in [-0.05, 0) is 75.3 Å². The first-order valence-electron chi connectivity index (χ1n) is 10.5. The molecule has 3 rings (SSSR count).